The Bertz CT molecular complexity index is 268. The Hall–Kier alpha value is -0.630. The van der Waals surface area contributed by atoms with Crippen molar-refractivity contribution < 1.29 is 0 Å². The first-order valence-electron chi connectivity index (χ1n) is 3.42. The molecule has 0 unspecified atom stereocenters. The van der Waals surface area contributed by atoms with E-state index in [0.29, 0.717) is 0 Å². The largest absolute Gasteiger partial charge is 0.253 e. The zero-order valence-corrected chi connectivity index (χ0v) is 8.06. The predicted octanol–water partition coefficient (Wildman–Crippen LogP) is 2.80. The van der Waals surface area contributed by atoms with E-state index in [4.69, 9.17) is 0 Å². The van der Waals surface area contributed by atoms with Crippen LogP contribution in [0.15, 0.2) is 24.8 Å². The van der Waals surface area contributed by atoms with Crippen molar-refractivity contribution in [1.29, 1.82) is 0 Å². The highest BCUT2D eigenvalue weighted by atomic mass is 79.9. The molecule has 0 atom stereocenters. The topological polar surface area (TPSA) is 12.9 Å². The maximum Gasteiger partial charge on any atom is 0.0667 e. The number of alkyl halides is 1. The van der Waals surface area contributed by atoms with E-state index in [9.17, 15) is 0 Å². The number of pyridine rings is 1. The van der Waals surface area contributed by atoms with Gasteiger partial charge in [0.2, 0.25) is 0 Å². The van der Waals surface area contributed by atoms with E-state index in [-0.39, 0.29) is 0 Å². The predicted molar refractivity (Wildman–Crippen MR) is 51.8 cm³/mol. The van der Waals surface area contributed by atoms with Crippen molar-refractivity contribution in [2.75, 3.05) is 5.33 Å². The van der Waals surface area contributed by atoms with E-state index >= 15 is 0 Å². The first-order chi connectivity index (χ1) is 5.24. The van der Waals surface area contributed by atoms with E-state index in [0.717, 1.165) is 22.3 Å². The van der Waals surface area contributed by atoms with Crippen LogP contribution in [0.3, 0.4) is 0 Å². The normalized spacial score (nSPS) is 9.64. The molecular formula is C9H10BrN. The van der Waals surface area contributed by atoms with Crippen LogP contribution in [-0.4, -0.2) is 10.3 Å². The molecule has 0 N–H and O–H groups in total. The molecule has 0 fully saturated rings. The molecule has 0 spiro atoms. The number of aromatic nitrogens is 1. The molecule has 1 heterocycles. The van der Waals surface area contributed by atoms with Crippen LogP contribution in [0, 0.1) is 6.92 Å². The minimum atomic E-state index is 0.781. The second-order valence-corrected chi connectivity index (χ2v) is 2.96. The zero-order valence-electron chi connectivity index (χ0n) is 6.47. The van der Waals surface area contributed by atoms with Crippen molar-refractivity contribution in [3.63, 3.8) is 0 Å². The Balaban J connectivity index is 2.96. The third-order valence-electron chi connectivity index (χ3n) is 1.41. The van der Waals surface area contributed by atoms with Crippen LogP contribution in [0.1, 0.15) is 11.4 Å². The summed E-state index contributed by atoms with van der Waals surface area (Å²) < 4.78 is 0. The van der Waals surface area contributed by atoms with Gasteiger partial charge >= 0.3 is 0 Å². The summed E-state index contributed by atoms with van der Waals surface area (Å²) in [5.41, 5.74) is 3.03. The Labute approximate surface area is 75.3 Å². The van der Waals surface area contributed by atoms with Gasteiger partial charge in [-0.25, -0.2) is 0 Å². The number of hydrogen-bond donors (Lipinski definition) is 0. The average Bonchev–Trinajstić information content (AvgIpc) is 2.03. The van der Waals surface area contributed by atoms with Crippen LogP contribution in [0.25, 0.3) is 5.57 Å². The lowest BCUT2D eigenvalue weighted by atomic mass is 10.2. The summed E-state index contributed by atoms with van der Waals surface area (Å²) in [4.78, 5) is 4.31. The van der Waals surface area contributed by atoms with Crippen LogP contribution in [0.4, 0.5) is 0 Å². The lowest BCUT2D eigenvalue weighted by molar-refractivity contribution is 1.17. The summed E-state index contributed by atoms with van der Waals surface area (Å²) in [7, 11) is 0. The molecule has 11 heavy (non-hydrogen) atoms. The second-order valence-electron chi connectivity index (χ2n) is 2.40. The number of hydrogen-bond acceptors (Lipinski definition) is 1. The van der Waals surface area contributed by atoms with Crippen LogP contribution < -0.4 is 0 Å². The lowest BCUT2D eigenvalue weighted by Crippen LogP contribution is -1.90. The fourth-order valence-corrected chi connectivity index (χ4v) is 1.10. The summed E-state index contributed by atoms with van der Waals surface area (Å²) in [6.07, 6.45) is 0. The van der Waals surface area contributed by atoms with Crippen molar-refractivity contribution in [2.24, 2.45) is 0 Å². The van der Waals surface area contributed by atoms with Gasteiger partial charge < -0.3 is 0 Å². The minimum Gasteiger partial charge on any atom is -0.253 e. The molecule has 0 saturated carbocycles. The first-order valence-corrected chi connectivity index (χ1v) is 4.54. The maximum absolute atomic E-state index is 4.31. The Morgan fingerprint density at radius 2 is 2.36 bits per heavy atom. The Morgan fingerprint density at radius 3 is 2.91 bits per heavy atom. The molecule has 0 amide bonds. The summed E-state index contributed by atoms with van der Waals surface area (Å²) in [6.45, 7) is 5.85. The number of allylic oxidation sites excluding steroid dienone is 1. The van der Waals surface area contributed by atoms with Crippen LogP contribution >= 0.6 is 15.9 Å². The highest BCUT2D eigenvalue weighted by Crippen LogP contribution is 2.11. The smallest absolute Gasteiger partial charge is 0.0667 e. The monoisotopic (exact) mass is 211 g/mol. The molecule has 1 aromatic rings. The van der Waals surface area contributed by atoms with Crippen molar-refractivity contribution in [3.05, 3.63) is 36.2 Å². The molecule has 1 rings (SSSR count). The van der Waals surface area contributed by atoms with Gasteiger partial charge in [-0.15, -0.1) is 0 Å². The van der Waals surface area contributed by atoms with Crippen LogP contribution in [0.5, 0.6) is 0 Å². The van der Waals surface area contributed by atoms with Crippen molar-refractivity contribution in [2.45, 2.75) is 6.92 Å². The molecule has 1 nitrogen and oxygen atoms in total. The summed E-state index contributed by atoms with van der Waals surface area (Å²) in [6, 6.07) is 5.94. The third-order valence-corrected chi connectivity index (χ3v) is 2.09. The van der Waals surface area contributed by atoms with Gasteiger partial charge in [0.1, 0.15) is 0 Å². The summed E-state index contributed by atoms with van der Waals surface area (Å²) in [5.74, 6) is 0. The molecule has 1 aromatic heterocycles. The maximum atomic E-state index is 4.31. The van der Waals surface area contributed by atoms with Crippen molar-refractivity contribution in [1.82, 2.24) is 4.98 Å². The molecule has 0 aromatic carbocycles. The van der Waals surface area contributed by atoms with Gasteiger partial charge in [-0.3, -0.25) is 4.98 Å². The molecular weight excluding hydrogens is 202 g/mol. The van der Waals surface area contributed by atoms with Gasteiger partial charge in [-0.1, -0.05) is 28.6 Å². The quantitative estimate of drug-likeness (QED) is 0.687. The molecule has 0 saturated heterocycles. The molecule has 0 bridgehead atoms. The van der Waals surface area contributed by atoms with E-state index in [2.05, 4.69) is 27.5 Å². The van der Waals surface area contributed by atoms with E-state index < -0.39 is 0 Å². The highest BCUT2D eigenvalue weighted by Gasteiger charge is 1.96. The minimum absolute atomic E-state index is 0.781. The van der Waals surface area contributed by atoms with Gasteiger partial charge in [-0.2, -0.15) is 0 Å². The summed E-state index contributed by atoms with van der Waals surface area (Å²) >= 11 is 3.34. The lowest BCUT2D eigenvalue weighted by Gasteiger charge is -2.00. The van der Waals surface area contributed by atoms with Gasteiger partial charge in [0.05, 0.1) is 5.69 Å². The first kappa shape index (κ1) is 8.47. The molecule has 2 heteroatoms. The van der Waals surface area contributed by atoms with Gasteiger partial charge in [0, 0.05) is 11.0 Å². The Kier molecular flexibility index (Phi) is 2.83. The average molecular weight is 212 g/mol. The van der Waals surface area contributed by atoms with E-state index in [1.54, 1.807) is 0 Å². The van der Waals surface area contributed by atoms with Crippen molar-refractivity contribution in [3.8, 4) is 0 Å². The van der Waals surface area contributed by atoms with Gasteiger partial charge in [-0.05, 0) is 24.6 Å². The van der Waals surface area contributed by atoms with Gasteiger partial charge in [0.25, 0.3) is 0 Å². The molecule has 0 radical (unpaired) electrons. The Morgan fingerprint density at radius 1 is 1.64 bits per heavy atom. The highest BCUT2D eigenvalue weighted by molar-refractivity contribution is 9.09. The number of halogens is 1. The summed E-state index contributed by atoms with van der Waals surface area (Å²) in [5, 5.41) is 0.781. The van der Waals surface area contributed by atoms with E-state index in [1.165, 1.54) is 0 Å². The molecule has 0 aliphatic rings. The van der Waals surface area contributed by atoms with Crippen molar-refractivity contribution >= 4 is 21.5 Å². The number of nitrogens with zero attached hydrogens (tertiary/aromatic N) is 1. The number of aryl methyl sites for hydroxylation is 1. The zero-order chi connectivity index (χ0) is 8.27. The fraction of sp³-hybridized carbons (Fsp3) is 0.222. The van der Waals surface area contributed by atoms with Crippen LogP contribution in [0.2, 0.25) is 0 Å². The van der Waals surface area contributed by atoms with Crippen LogP contribution in [-0.2, 0) is 0 Å². The standard InChI is InChI=1S/C9H10BrN/c1-7(6-10)9-5-3-4-8(2)11-9/h3-5H,1,6H2,2H3. The SMILES string of the molecule is C=C(CBr)c1cccc(C)n1. The third kappa shape index (κ3) is 2.15. The molecule has 0 aliphatic heterocycles. The fourth-order valence-electron chi connectivity index (χ4n) is 0.808. The molecule has 58 valence electrons. The number of rotatable bonds is 2. The van der Waals surface area contributed by atoms with E-state index in [1.807, 2.05) is 25.1 Å². The second kappa shape index (κ2) is 3.67. The van der Waals surface area contributed by atoms with Gasteiger partial charge in [0.15, 0.2) is 0 Å². The molecule has 0 aliphatic carbocycles.